The number of carbonyl (C=O) groups excluding carboxylic acids is 1. The molecule has 0 N–H and O–H groups in total. The van der Waals surface area contributed by atoms with E-state index in [0.29, 0.717) is 17.2 Å². The predicted molar refractivity (Wildman–Crippen MR) is 105 cm³/mol. The quantitative estimate of drug-likeness (QED) is 0.460. The molecule has 1 amide bonds. The topological polar surface area (TPSA) is 81.9 Å². The lowest BCUT2D eigenvalue weighted by atomic mass is 10.1. The summed E-state index contributed by atoms with van der Waals surface area (Å²) in [6, 6.07) is 19.8. The molecule has 0 aliphatic heterocycles. The molecule has 0 aliphatic carbocycles. The van der Waals surface area contributed by atoms with Crippen molar-refractivity contribution >= 4 is 17.3 Å². The molecule has 0 atom stereocenters. The minimum absolute atomic E-state index is 0.0939. The van der Waals surface area contributed by atoms with Crippen molar-refractivity contribution in [2.45, 2.75) is 0 Å². The van der Waals surface area contributed by atoms with Gasteiger partial charge in [-0.2, -0.15) is 0 Å². The van der Waals surface area contributed by atoms with Crippen LogP contribution in [0.4, 0.5) is 11.4 Å². The van der Waals surface area contributed by atoms with Gasteiger partial charge in [0.05, 0.1) is 17.6 Å². The average molecular weight is 378 g/mol. The van der Waals surface area contributed by atoms with Crippen LogP contribution in [0.2, 0.25) is 0 Å². The van der Waals surface area contributed by atoms with E-state index in [1.54, 1.807) is 62.7 Å². The molecule has 0 unspecified atom stereocenters. The number of hydrogen-bond donors (Lipinski definition) is 0. The van der Waals surface area contributed by atoms with Crippen LogP contribution in [0.25, 0.3) is 0 Å². The van der Waals surface area contributed by atoms with Crippen LogP contribution < -0.4 is 14.4 Å². The molecular weight excluding hydrogens is 360 g/mol. The third kappa shape index (κ3) is 4.09. The fourth-order valence-corrected chi connectivity index (χ4v) is 2.61. The van der Waals surface area contributed by atoms with Gasteiger partial charge in [-0.3, -0.25) is 14.9 Å². The number of hydrogen-bond acceptors (Lipinski definition) is 5. The summed E-state index contributed by atoms with van der Waals surface area (Å²) in [7, 11) is 3.16. The number of nitrogens with zero attached hydrogens (tertiary/aromatic N) is 2. The van der Waals surface area contributed by atoms with E-state index in [1.807, 2.05) is 6.07 Å². The second-order valence-corrected chi connectivity index (χ2v) is 5.91. The molecule has 3 aromatic rings. The van der Waals surface area contributed by atoms with Crippen molar-refractivity contribution in [1.82, 2.24) is 0 Å². The maximum Gasteiger partial charge on any atom is 0.270 e. The van der Waals surface area contributed by atoms with Crippen molar-refractivity contribution in [1.29, 1.82) is 0 Å². The highest BCUT2D eigenvalue weighted by Crippen LogP contribution is 2.31. The molecule has 0 aliphatic rings. The molecule has 7 nitrogen and oxygen atoms in total. The van der Waals surface area contributed by atoms with E-state index in [9.17, 15) is 14.9 Å². The number of benzene rings is 3. The number of ether oxygens (including phenoxy) is 2. The Bertz CT molecular complexity index is 987. The van der Waals surface area contributed by atoms with Gasteiger partial charge in [0.1, 0.15) is 17.2 Å². The lowest BCUT2D eigenvalue weighted by Gasteiger charge is -2.19. The zero-order valence-electron chi connectivity index (χ0n) is 15.4. The van der Waals surface area contributed by atoms with E-state index >= 15 is 0 Å². The minimum atomic E-state index is -0.545. The Hall–Kier alpha value is -3.87. The van der Waals surface area contributed by atoms with Gasteiger partial charge >= 0.3 is 0 Å². The summed E-state index contributed by atoms with van der Waals surface area (Å²) in [6.45, 7) is 0. The number of para-hydroxylation sites is 1. The summed E-state index contributed by atoms with van der Waals surface area (Å²) in [5.74, 6) is 0.948. The highest BCUT2D eigenvalue weighted by Gasteiger charge is 2.22. The van der Waals surface area contributed by atoms with Crippen molar-refractivity contribution in [2.75, 3.05) is 19.1 Å². The van der Waals surface area contributed by atoms with Crippen molar-refractivity contribution in [3.05, 3.63) is 88.5 Å². The smallest absolute Gasteiger partial charge is 0.270 e. The van der Waals surface area contributed by atoms with Gasteiger partial charge in [-0.1, -0.05) is 18.2 Å². The van der Waals surface area contributed by atoms with E-state index in [0.717, 1.165) is 0 Å². The van der Waals surface area contributed by atoms with E-state index in [2.05, 4.69) is 0 Å². The summed E-state index contributed by atoms with van der Waals surface area (Å²) in [5, 5.41) is 11.2. The molecule has 0 saturated heterocycles. The number of anilines is 1. The number of amides is 1. The number of methoxy groups -OCH3 is 1. The van der Waals surface area contributed by atoms with Gasteiger partial charge in [0, 0.05) is 24.9 Å². The number of nitro benzene ring substituents is 1. The Balaban J connectivity index is 1.97. The first-order valence-corrected chi connectivity index (χ1v) is 8.43. The van der Waals surface area contributed by atoms with Crippen LogP contribution >= 0.6 is 0 Å². The van der Waals surface area contributed by atoms with Crippen molar-refractivity contribution in [3.8, 4) is 17.2 Å². The normalized spacial score (nSPS) is 10.2. The summed E-state index contributed by atoms with van der Waals surface area (Å²) >= 11 is 0. The monoisotopic (exact) mass is 378 g/mol. The van der Waals surface area contributed by atoms with Crippen LogP contribution in [0.5, 0.6) is 17.2 Å². The average Bonchev–Trinajstić information content (AvgIpc) is 2.74. The molecule has 0 heterocycles. The van der Waals surface area contributed by atoms with Gasteiger partial charge in [0.2, 0.25) is 0 Å². The summed E-state index contributed by atoms with van der Waals surface area (Å²) in [4.78, 5) is 25.1. The van der Waals surface area contributed by atoms with Crippen LogP contribution in [0.3, 0.4) is 0 Å². The van der Waals surface area contributed by atoms with Crippen LogP contribution in [0.15, 0.2) is 72.8 Å². The van der Waals surface area contributed by atoms with Gasteiger partial charge in [-0.15, -0.1) is 0 Å². The van der Waals surface area contributed by atoms with E-state index in [4.69, 9.17) is 9.47 Å². The zero-order valence-corrected chi connectivity index (χ0v) is 15.4. The molecule has 0 fully saturated rings. The van der Waals surface area contributed by atoms with Gasteiger partial charge in [-0.05, 0) is 42.5 Å². The number of non-ortho nitro benzene ring substituents is 1. The molecular formula is C21H18N2O5. The van der Waals surface area contributed by atoms with Gasteiger partial charge in [-0.25, -0.2) is 0 Å². The van der Waals surface area contributed by atoms with Crippen molar-refractivity contribution < 1.29 is 19.2 Å². The number of carbonyl (C=O) groups is 1. The van der Waals surface area contributed by atoms with Crippen LogP contribution in [0.1, 0.15) is 10.4 Å². The van der Waals surface area contributed by atoms with Crippen molar-refractivity contribution in [2.24, 2.45) is 0 Å². The first kappa shape index (κ1) is 18.9. The summed E-state index contributed by atoms with van der Waals surface area (Å²) < 4.78 is 10.9. The summed E-state index contributed by atoms with van der Waals surface area (Å²) in [5.41, 5.74) is 0.567. The molecule has 0 bridgehead atoms. The molecule has 0 radical (unpaired) electrons. The molecule has 0 saturated carbocycles. The standard InChI is InChI=1S/C21H18N2O5/c1-22(15-6-4-3-5-7-15)21(24)19-14-16(23(25)26)8-13-20(19)28-18-11-9-17(27-2)10-12-18/h3-14H,1-2H3. The fraction of sp³-hybridized carbons (Fsp3) is 0.0952. The molecule has 0 aromatic heterocycles. The van der Waals surface area contributed by atoms with Gasteiger partial charge in [0.15, 0.2) is 0 Å². The lowest BCUT2D eigenvalue weighted by molar-refractivity contribution is -0.384. The lowest BCUT2D eigenvalue weighted by Crippen LogP contribution is -2.26. The molecule has 7 heteroatoms. The van der Waals surface area contributed by atoms with E-state index in [-0.39, 0.29) is 17.0 Å². The summed E-state index contributed by atoms with van der Waals surface area (Å²) in [6.07, 6.45) is 0. The molecule has 142 valence electrons. The first-order chi connectivity index (χ1) is 13.5. The van der Waals surface area contributed by atoms with Gasteiger partial charge in [0.25, 0.3) is 11.6 Å². The largest absolute Gasteiger partial charge is 0.497 e. The maximum absolute atomic E-state index is 13.0. The Morgan fingerprint density at radius 2 is 1.61 bits per heavy atom. The van der Waals surface area contributed by atoms with E-state index in [1.165, 1.54) is 23.1 Å². The van der Waals surface area contributed by atoms with Crippen LogP contribution in [0, 0.1) is 10.1 Å². The molecule has 0 spiro atoms. The predicted octanol–water partition coefficient (Wildman–Crippen LogP) is 4.67. The number of nitro groups is 1. The zero-order chi connectivity index (χ0) is 20.1. The number of rotatable bonds is 6. The Morgan fingerprint density at radius 1 is 0.964 bits per heavy atom. The third-order valence-electron chi connectivity index (χ3n) is 4.14. The Labute approximate surface area is 161 Å². The second kappa shape index (κ2) is 8.22. The minimum Gasteiger partial charge on any atom is -0.497 e. The molecule has 3 rings (SSSR count). The van der Waals surface area contributed by atoms with E-state index < -0.39 is 10.8 Å². The molecule has 28 heavy (non-hydrogen) atoms. The SMILES string of the molecule is COc1ccc(Oc2ccc([N+](=O)[O-])cc2C(=O)N(C)c2ccccc2)cc1. The Kier molecular flexibility index (Phi) is 5.55. The first-order valence-electron chi connectivity index (χ1n) is 8.43. The second-order valence-electron chi connectivity index (χ2n) is 5.91. The van der Waals surface area contributed by atoms with Crippen LogP contribution in [-0.4, -0.2) is 25.0 Å². The highest BCUT2D eigenvalue weighted by molar-refractivity contribution is 6.08. The van der Waals surface area contributed by atoms with Crippen LogP contribution in [-0.2, 0) is 0 Å². The Morgan fingerprint density at radius 3 is 2.21 bits per heavy atom. The van der Waals surface area contributed by atoms with Crippen molar-refractivity contribution in [3.63, 3.8) is 0 Å². The highest BCUT2D eigenvalue weighted by atomic mass is 16.6. The van der Waals surface area contributed by atoms with Gasteiger partial charge < -0.3 is 14.4 Å². The molecule has 3 aromatic carbocycles. The third-order valence-corrected chi connectivity index (χ3v) is 4.14. The maximum atomic E-state index is 13.0. The fourth-order valence-electron chi connectivity index (χ4n) is 2.61.